The Hall–Kier alpha value is -1.60. The van der Waals surface area contributed by atoms with Crippen LogP contribution in [0.2, 0.25) is 5.02 Å². The van der Waals surface area contributed by atoms with Gasteiger partial charge < -0.3 is 31.8 Å². The van der Waals surface area contributed by atoms with Gasteiger partial charge in [0, 0.05) is 25.5 Å². The van der Waals surface area contributed by atoms with Crippen LogP contribution in [0.25, 0.3) is 0 Å². The van der Waals surface area contributed by atoms with Gasteiger partial charge in [0.05, 0.1) is 0 Å². The first-order valence-corrected chi connectivity index (χ1v) is 16.8. The van der Waals surface area contributed by atoms with Crippen LogP contribution in [0.5, 0.6) is 0 Å². The Morgan fingerprint density at radius 1 is 0.786 bits per heavy atom. The summed E-state index contributed by atoms with van der Waals surface area (Å²) in [6, 6.07) is 3.77. The molecule has 1 rings (SSSR count). The molecule has 1 N–H and O–H groups in total. The highest BCUT2D eigenvalue weighted by atomic mass is 79.9. The number of aromatic nitrogens is 1. The number of hydrogen-bond acceptors (Lipinski definition) is 4. The number of nitrogens with zero attached hydrogens (tertiary/aromatic N) is 1. The molecule has 1 aromatic heterocycles. The number of esters is 1. The highest BCUT2D eigenvalue weighted by Gasteiger charge is 2.08. The van der Waals surface area contributed by atoms with Crippen molar-refractivity contribution in [1.82, 2.24) is 5.32 Å². The lowest BCUT2D eigenvalue weighted by Crippen LogP contribution is -3.00. The maximum absolute atomic E-state index is 11.9. The van der Waals surface area contributed by atoms with E-state index in [-0.39, 0.29) is 36.2 Å². The molecule has 0 aliphatic rings. The number of hydrogen-bond donors (Lipinski definition) is 1. The molecule has 0 bridgehead atoms. The highest BCUT2D eigenvalue weighted by molar-refractivity contribution is 6.30. The van der Waals surface area contributed by atoms with E-state index in [1.807, 2.05) is 29.1 Å². The number of halogens is 2. The predicted octanol–water partition coefficient (Wildman–Crippen LogP) is 6.28. The molecule has 0 saturated heterocycles. The molecule has 1 amide bonds. The number of carbonyl (C=O) groups excluding carboxylic acids is 2. The number of carbonyl (C=O) groups is 2. The van der Waals surface area contributed by atoms with E-state index in [4.69, 9.17) is 21.1 Å². The highest BCUT2D eigenvalue weighted by Crippen LogP contribution is 2.13. The molecule has 42 heavy (non-hydrogen) atoms. The lowest BCUT2D eigenvalue weighted by Gasteiger charge is -2.10. The first kappa shape index (κ1) is 40.4. The SMILES string of the molecule is C=C(COC(=O)CCCCC[n+]1cccc(Cl)c1)COC(=O)NCCCCCCCCCCCCCCCCCC.[Br-]. The van der Waals surface area contributed by atoms with Gasteiger partial charge in [-0.25, -0.2) is 9.36 Å². The third-order valence-corrected chi connectivity index (χ3v) is 7.49. The van der Waals surface area contributed by atoms with E-state index in [2.05, 4.69) is 18.8 Å². The van der Waals surface area contributed by atoms with Crippen molar-refractivity contribution >= 4 is 23.7 Å². The van der Waals surface area contributed by atoms with Gasteiger partial charge in [-0.3, -0.25) is 4.79 Å². The van der Waals surface area contributed by atoms with E-state index in [9.17, 15) is 9.59 Å². The predicted molar refractivity (Wildman–Crippen MR) is 169 cm³/mol. The average molecular weight is 674 g/mol. The summed E-state index contributed by atoms with van der Waals surface area (Å²) >= 11 is 5.98. The van der Waals surface area contributed by atoms with Gasteiger partial charge in [0.15, 0.2) is 12.4 Å². The molecule has 1 aromatic rings. The fourth-order valence-corrected chi connectivity index (χ4v) is 4.95. The number of amides is 1. The lowest BCUT2D eigenvalue weighted by atomic mass is 10.0. The average Bonchev–Trinajstić information content (AvgIpc) is 2.96. The van der Waals surface area contributed by atoms with Crippen LogP contribution in [0.1, 0.15) is 135 Å². The number of nitrogens with one attached hydrogen (secondary N) is 1. The van der Waals surface area contributed by atoms with Crippen molar-refractivity contribution in [1.29, 1.82) is 0 Å². The second-order valence-corrected chi connectivity index (χ2v) is 11.7. The Morgan fingerprint density at radius 2 is 1.31 bits per heavy atom. The smallest absolute Gasteiger partial charge is 0.407 e. The molecule has 0 aromatic carbocycles. The minimum atomic E-state index is -0.448. The minimum Gasteiger partial charge on any atom is -1.00 e. The van der Waals surface area contributed by atoms with E-state index in [1.165, 1.54) is 89.9 Å². The monoisotopic (exact) mass is 672 g/mol. The zero-order valence-electron chi connectivity index (χ0n) is 26.3. The van der Waals surface area contributed by atoms with Crippen molar-refractivity contribution in [2.24, 2.45) is 0 Å². The topological polar surface area (TPSA) is 68.5 Å². The molecule has 0 saturated carbocycles. The van der Waals surface area contributed by atoms with Crippen LogP contribution >= 0.6 is 11.6 Å². The first-order chi connectivity index (χ1) is 20.0. The molecule has 0 radical (unpaired) electrons. The quantitative estimate of drug-likeness (QED) is 0.0517. The normalized spacial score (nSPS) is 10.6. The van der Waals surface area contributed by atoms with Gasteiger partial charge in [-0.05, 0) is 30.9 Å². The zero-order chi connectivity index (χ0) is 29.8. The molecule has 0 aliphatic heterocycles. The second kappa shape index (κ2) is 29.5. The summed E-state index contributed by atoms with van der Waals surface area (Å²) in [5, 5.41) is 3.50. The third kappa shape index (κ3) is 26.1. The van der Waals surface area contributed by atoms with Gasteiger partial charge in [-0.1, -0.05) is 121 Å². The number of alkyl carbamates (subject to hydrolysis) is 1. The molecule has 1 heterocycles. The van der Waals surface area contributed by atoms with Crippen molar-refractivity contribution in [3.8, 4) is 0 Å². The molecular weight excluding hydrogens is 616 g/mol. The van der Waals surface area contributed by atoms with E-state index >= 15 is 0 Å². The fourth-order valence-electron chi connectivity index (χ4n) is 4.75. The van der Waals surface area contributed by atoms with Crippen molar-refractivity contribution in [3.05, 3.63) is 41.7 Å². The molecular formula is C34H58BrClN2O4. The van der Waals surface area contributed by atoms with Crippen molar-refractivity contribution in [2.45, 2.75) is 142 Å². The summed E-state index contributed by atoms with van der Waals surface area (Å²) in [4.78, 5) is 23.8. The molecule has 0 unspecified atom stereocenters. The Balaban J connectivity index is 0.0000168. The summed E-state index contributed by atoms with van der Waals surface area (Å²) in [5.74, 6) is -0.255. The summed E-state index contributed by atoms with van der Waals surface area (Å²) in [6.07, 6.45) is 27.7. The molecule has 6 nitrogen and oxygen atoms in total. The lowest BCUT2D eigenvalue weighted by molar-refractivity contribution is -0.697. The van der Waals surface area contributed by atoms with Crippen LogP contribution in [-0.2, 0) is 20.8 Å². The van der Waals surface area contributed by atoms with Gasteiger partial charge in [0.2, 0.25) is 0 Å². The maximum atomic E-state index is 11.9. The second-order valence-electron chi connectivity index (χ2n) is 11.3. The van der Waals surface area contributed by atoms with Crippen LogP contribution in [0.3, 0.4) is 0 Å². The van der Waals surface area contributed by atoms with Crippen LogP contribution < -0.4 is 26.9 Å². The van der Waals surface area contributed by atoms with E-state index in [1.54, 1.807) is 0 Å². The molecule has 0 atom stereocenters. The number of aryl methyl sites for hydroxylation is 1. The fraction of sp³-hybridized carbons (Fsp3) is 0.735. The van der Waals surface area contributed by atoms with Crippen LogP contribution in [-0.4, -0.2) is 31.8 Å². The van der Waals surface area contributed by atoms with Gasteiger partial charge in [-0.15, -0.1) is 0 Å². The van der Waals surface area contributed by atoms with Crippen molar-refractivity contribution in [3.63, 3.8) is 0 Å². The summed E-state index contributed by atoms with van der Waals surface area (Å²) in [6.45, 7) is 7.72. The molecule has 242 valence electrons. The van der Waals surface area contributed by atoms with E-state index in [0.717, 1.165) is 38.6 Å². The number of rotatable bonds is 27. The van der Waals surface area contributed by atoms with E-state index < -0.39 is 6.09 Å². The zero-order valence-corrected chi connectivity index (χ0v) is 28.7. The van der Waals surface area contributed by atoms with Gasteiger partial charge in [0.1, 0.15) is 24.8 Å². The van der Waals surface area contributed by atoms with E-state index in [0.29, 0.717) is 23.6 Å². The summed E-state index contributed by atoms with van der Waals surface area (Å²) < 4.78 is 12.5. The van der Waals surface area contributed by atoms with Gasteiger partial charge >= 0.3 is 12.1 Å². The third-order valence-electron chi connectivity index (χ3n) is 7.26. The number of unbranched alkanes of at least 4 members (excludes halogenated alkanes) is 17. The molecule has 0 aliphatic carbocycles. The van der Waals surface area contributed by atoms with Gasteiger partial charge in [-0.2, -0.15) is 0 Å². The Bertz CT molecular complexity index is 824. The Morgan fingerprint density at radius 3 is 1.88 bits per heavy atom. The summed E-state index contributed by atoms with van der Waals surface area (Å²) in [7, 11) is 0. The maximum Gasteiger partial charge on any atom is 0.407 e. The largest absolute Gasteiger partial charge is 1.00 e. The van der Waals surface area contributed by atoms with Crippen molar-refractivity contribution < 1.29 is 40.6 Å². The first-order valence-electron chi connectivity index (χ1n) is 16.4. The summed E-state index contributed by atoms with van der Waals surface area (Å²) in [5.41, 5.74) is 0.563. The molecule has 8 heteroatoms. The Kier molecular flexibility index (Phi) is 28.3. The number of ether oxygens (including phenoxy) is 2. The molecule has 0 spiro atoms. The Labute approximate surface area is 272 Å². The van der Waals surface area contributed by atoms with Crippen LogP contribution in [0.4, 0.5) is 4.79 Å². The van der Waals surface area contributed by atoms with Gasteiger partial charge in [0.25, 0.3) is 0 Å². The number of pyridine rings is 1. The standard InChI is InChI=1S/C34H57ClN2O4.BrH/c1-3-4-5-6-7-8-9-10-11-12-13-14-15-16-17-20-25-36-34(39)41-30-31(2)29-40-33(38)24-19-18-21-26-37-27-22-23-32(35)28-37;/h22-23,27-28H,2-21,24-26,29-30H2,1H3;1H. The molecule has 0 fully saturated rings. The van der Waals surface area contributed by atoms with Crippen molar-refractivity contribution in [2.75, 3.05) is 19.8 Å². The van der Waals surface area contributed by atoms with Crippen LogP contribution in [0, 0.1) is 0 Å². The van der Waals surface area contributed by atoms with Crippen LogP contribution in [0.15, 0.2) is 36.7 Å². The minimum absolute atomic E-state index is 0.